The van der Waals surface area contributed by atoms with E-state index in [2.05, 4.69) is 5.10 Å². The summed E-state index contributed by atoms with van der Waals surface area (Å²) in [6.45, 7) is 5.97. The lowest BCUT2D eigenvalue weighted by Crippen LogP contribution is -2.55. The van der Waals surface area contributed by atoms with Crippen LogP contribution in [0.1, 0.15) is 47.8 Å². The molecule has 3 atom stereocenters. The predicted octanol–water partition coefficient (Wildman–Crippen LogP) is 1.11. The molecule has 9 heteroatoms. The van der Waals surface area contributed by atoms with Crippen LogP contribution in [0.25, 0.3) is 0 Å². The zero-order valence-corrected chi connectivity index (χ0v) is 18.4. The van der Waals surface area contributed by atoms with Gasteiger partial charge in [-0.25, -0.2) is 0 Å². The summed E-state index contributed by atoms with van der Waals surface area (Å²) >= 11 is 0. The van der Waals surface area contributed by atoms with Crippen LogP contribution in [-0.4, -0.2) is 75.4 Å². The average Bonchev–Trinajstić information content (AvgIpc) is 3.12. The van der Waals surface area contributed by atoms with Crippen molar-refractivity contribution in [2.75, 3.05) is 39.4 Å². The van der Waals surface area contributed by atoms with Crippen molar-refractivity contribution in [3.05, 3.63) is 52.2 Å². The van der Waals surface area contributed by atoms with Gasteiger partial charge in [-0.1, -0.05) is 6.07 Å². The standard InChI is InChI=1S/C23H29N5O4/c1-2-27-15-18(12-24-27)22(30)26-13-16-11-17(14-26)21(28-19(16)5-3-6-20(28)29)23(31)25-7-4-9-32-10-8-25/h3,5-6,12,15-17,21H,2,4,7-11,13-14H2,1H3/t16-,17+,21-/m1/s1. The van der Waals surface area contributed by atoms with Gasteiger partial charge in [-0.2, -0.15) is 5.10 Å². The number of carbonyl (C=O) groups excluding carboxylic acids is 2. The number of aromatic nitrogens is 3. The summed E-state index contributed by atoms with van der Waals surface area (Å²) in [6.07, 6.45) is 4.95. The second-order valence-electron chi connectivity index (χ2n) is 8.88. The van der Waals surface area contributed by atoms with Crippen LogP contribution in [0, 0.1) is 5.92 Å². The fourth-order valence-corrected chi connectivity index (χ4v) is 5.40. The van der Waals surface area contributed by atoms with E-state index in [9.17, 15) is 14.4 Å². The van der Waals surface area contributed by atoms with Crippen LogP contribution in [0.5, 0.6) is 0 Å². The van der Waals surface area contributed by atoms with Gasteiger partial charge in [0.1, 0.15) is 6.04 Å². The van der Waals surface area contributed by atoms with Gasteiger partial charge in [-0.15, -0.1) is 0 Å². The van der Waals surface area contributed by atoms with Gasteiger partial charge in [0.05, 0.1) is 18.4 Å². The quantitative estimate of drug-likeness (QED) is 0.715. The van der Waals surface area contributed by atoms with E-state index in [0.717, 1.165) is 18.5 Å². The number of amides is 2. The summed E-state index contributed by atoms with van der Waals surface area (Å²) in [6, 6.07) is 4.61. The average molecular weight is 440 g/mol. The molecule has 32 heavy (non-hydrogen) atoms. The molecule has 0 spiro atoms. The highest BCUT2D eigenvalue weighted by Gasteiger charge is 2.46. The molecule has 0 aromatic carbocycles. The third-order valence-corrected chi connectivity index (χ3v) is 6.93. The number of hydrogen-bond acceptors (Lipinski definition) is 5. The second kappa shape index (κ2) is 8.54. The fourth-order valence-electron chi connectivity index (χ4n) is 5.40. The Morgan fingerprint density at radius 2 is 2.03 bits per heavy atom. The Hall–Kier alpha value is -2.94. The van der Waals surface area contributed by atoms with E-state index in [1.807, 2.05) is 22.8 Å². The van der Waals surface area contributed by atoms with E-state index in [4.69, 9.17) is 4.74 Å². The zero-order chi connectivity index (χ0) is 22.2. The Morgan fingerprint density at radius 3 is 2.84 bits per heavy atom. The number of carbonyl (C=O) groups is 2. The first-order valence-corrected chi connectivity index (χ1v) is 11.5. The first kappa shape index (κ1) is 20.9. The molecule has 3 aliphatic heterocycles. The van der Waals surface area contributed by atoms with Crippen LogP contribution in [0.2, 0.25) is 0 Å². The largest absolute Gasteiger partial charge is 0.380 e. The van der Waals surface area contributed by atoms with E-state index < -0.39 is 6.04 Å². The van der Waals surface area contributed by atoms with E-state index in [0.29, 0.717) is 51.5 Å². The Labute approximate surface area is 186 Å². The van der Waals surface area contributed by atoms with Gasteiger partial charge in [-0.3, -0.25) is 23.6 Å². The highest BCUT2D eigenvalue weighted by molar-refractivity contribution is 5.94. The van der Waals surface area contributed by atoms with Gasteiger partial charge in [0.2, 0.25) is 5.91 Å². The molecule has 5 heterocycles. The number of nitrogens with zero attached hydrogens (tertiary/aromatic N) is 5. The molecule has 0 radical (unpaired) electrons. The molecule has 5 rings (SSSR count). The number of likely N-dealkylation sites (tertiary alicyclic amines) is 1. The van der Waals surface area contributed by atoms with Gasteiger partial charge < -0.3 is 14.5 Å². The third-order valence-electron chi connectivity index (χ3n) is 6.93. The van der Waals surface area contributed by atoms with Gasteiger partial charge in [0.25, 0.3) is 11.5 Å². The number of piperidine rings is 1. The molecule has 2 amide bonds. The van der Waals surface area contributed by atoms with E-state index in [-0.39, 0.29) is 29.2 Å². The van der Waals surface area contributed by atoms with Crippen LogP contribution in [0.15, 0.2) is 35.4 Å². The zero-order valence-electron chi connectivity index (χ0n) is 18.4. The summed E-state index contributed by atoms with van der Waals surface area (Å²) in [5, 5.41) is 4.23. The van der Waals surface area contributed by atoms with Crippen molar-refractivity contribution in [2.45, 2.75) is 38.3 Å². The van der Waals surface area contributed by atoms with Gasteiger partial charge in [-0.05, 0) is 25.8 Å². The Balaban J connectivity index is 1.49. The summed E-state index contributed by atoms with van der Waals surface area (Å²) in [5.41, 5.74) is 1.26. The highest BCUT2D eigenvalue weighted by Crippen LogP contribution is 2.42. The first-order valence-electron chi connectivity index (χ1n) is 11.5. The molecule has 0 unspecified atom stereocenters. The normalized spacial score (nSPS) is 25.2. The Kier molecular flexibility index (Phi) is 5.58. The lowest BCUT2D eigenvalue weighted by atomic mass is 9.77. The molecular weight excluding hydrogens is 410 g/mol. The number of ether oxygens (including phenoxy) is 1. The molecule has 2 aromatic heterocycles. The van der Waals surface area contributed by atoms with E-state index in [1.165, 1.54) is 6.07 Å². The number of hydrogen-bond donors (Lipinski definition) is 0. The molecule has 2 fully saturated rings. The monoisotopic (exact) mass is 439 g/mol. The molecule has 170 valence electrons. The third kappa shape index (κ3) is 3.64. The number of aryl methyl sites for hydroxylation is 1. The van der Waals surface area contributed by atoms with Crippen molar-refractivity contribution in [2.24, 2.45) is 5.92 Å². The Morgan fingerprint density at radius 1 is 1.16 bits per heavy atom. The number of fused-ring (bicyclic) bond motifs is 4. The minimum atomic E-state index is -0.595. The summed E-state index contributed by atoms with van der Waals surface area (Å²) in [7, 11) is 0. The van der Waals surface area contributed by atoms with Crippen LogP contribution in [0.4, 0.5) is 0 Å². The van der Waals surface area contributed by atoms with E-state index in [1.54, 1.807) is 27.7 Å². The molecule has 0 N–H and O–H groups in total. The lowest BCUT2D eigenvalue weighted by molar-refractivity contribution is -0.138. The van der Waals surface area contributed by atoms with Crippen molar-refractivity contribution >= 4 is 11.8 Å². The molecular formula is C23H29N5O4. The lowest BCUT2D eigenvalue weighted by Gasteiger charge is -2.47. The molecule has 0 saturated carbocycles. The SMILES string of the molecule is CCn1cc(C(=O)N2C[C@H]3C[C@@H](C2)[C@H](C(=O)N2CCCOCC2)n2c3cccc2=O)cn1. The number of rotatable bonds is 3. The highest BCUT2D eigenvalue weighted by atomic mass is 16.5. The van der Waals surface area contributed by atoms with E-state index >= 15 is 0 Å². The topological polar surface area (TPSA) is 89.7 Å². The summed E-state index contributed by atoms with van der Waals surface area (Å²) in [4.78, 5) is 43.5. The van der Waals surface area contributed by atoms with Gasteiger partial charge in [0.15, 0.2) is 0 Å². The fraction of sp³-hybridized carbons (Fsp3) is 0.565. The van der Waals surface area contributed by atoms with Crippen LogP contribution < -0.4 is 5.56 Å². The minimum absolute atomic E-state index is 0.0318. The summed E-state index contributed by atoms with van der Waals surface area (Å²) < 4.78 is 8.96. The minimum Gasteiger partial charge on any atom is -0.380 e. The molecule has 9 nitrogen and oxygen atoms in total. The molecule has 3 aliphatic rings. The van der Waals surface area contributed by atoms with Crippen molar-refractivity contribution in [3.63, 3.8) is 0 Å². The Bertz CT molecular complexity index is 1070. The predicted molar refractivity (Wildman–Crippen MR) is 116 cm³/mol. The molecule has 2 bridgehead atoms. The van der Waals surface area contributed by atoms with Crippen LogP contribution in [0.3, 0.4) is 0 Å². The van der Waals surface area contributed by atoms with Crippen molar-refractivity contribution < 1.29 is 14.3 Å². The van der Waals surface area contributed by atoms with Crippen molar-refractivity contribution in [3.8, 4) is 0 Å². The molecule has 0 aliphatic carbocycles. The molecule has 2 aromatic rings. The maximum Gasteiger partial charge on any atom is 0.257 e. The van der Waals surface area contributed by atoms with Crippen LogP contribution >= 0.6 is 0 Å². The first-order chi connectivity index (χ1) is 15.6. The summed E-state index contributed by atoms with van der Waals surface area (Å²) in [5.74, 6) is -0.186. The second-order valence-corrected chi connectivity index (χ2v) is 8.88. The van der Waals surface area contributed by atoms with Gasteiger partial charge >= 0.3 is 0 Å². The maximum atomic E-state index is 13.7. The van der Waals surface area contributed by atoms with Crippen molar-refractivity contribution in [1.82, 2.24) is 24.1 Å². The van der Waals surface area contributed by atoms with Crippen molar-refractivity contribution in [1.29, 1.82) is 0 Å². The smallest absolute Gasteiger partial charge is 0.257 e. The molecule has 2 saturated heterocycles. The number of pyridine rings is 1. The maximum absolute atomic E-state index is 13.7. The van der Waals surface area contributed by atoms with Gasteiger partial charge in [0, 0.05) is 69.1 Å². The van der Waals surface area contributed by atoms with Crippen LogP contribution in [-0.2, 0) is 16.1 Å².